The van der Waals surface area contributed by atoms with Gasteiger partial charge in [0.25, 0.3) is 0 Å². The third kappa shape index (κ3) is 2.84. The summed E-state index contributed by atoms with van der Waals surface area (Å²) in [6, 6.07) is -0.130. The van der Waals surface area contributed by atoms with Gasteiger partial charge in [-0.05, 0) is 45.4 Å². The minimum atomic E-state index is -0.223. The maximum atomic E-state index is 6.55. The van der Waals surface area contributed by atoms with Crippen molar-refractivity contribution in [2.75, 3.05) is 6.61 Å². The van der Waals surface area contributed by atoms with E-state index in [0.717, 1.165) is 37.7 Å². The number of hydrogen-bond acceptors (Lipinski definition) is 3. The van der Waals surface area contributed by atoms with Crippen LogP contribution in [-0.2, 0) is 11.3 Å². The molecule has 0 aromatic carbocycles. The molecule has 1 aliphatic rings. The largest absolute Gasteiger partial charge is 0.373 e. The molecule has 2 N–H and O–H groups in total. The molecule has 0 saturated heterocycles. The number of aromatic nitrogens is 2. The Morgan fingerprint density at radius 2 is 2.16 bits per heavy atom. The summed E-state index contributed by atoms with van der Waals surface area (Å²) in [4.78, 5) is 4.47. The first kappa shape index (κ1) is 14.5. The molecule has 2 rings (SSSR count). The van der Waals surface area contributed by atoms with Crippen molar-refractivity contribution in [1.29, 1.82) is 0 Å². The number of nitrogens with two attached hydrogens (primary N) is 1. The van der Waals surface area contributed by atoms with Crippen LogP contribution >= 0.6 is 0 Å². The van der Waals surface area contributed by atoms with E-state index < -0.39 is 0 Å². The highest BCUT2D eigenvalue weighted by atomic mass is 16.5. The molecule has 1 aromatic heterocycles. The molecule has 1 saturated carbocycles. The fourth-order valence-corrected chi connectivity index (χ4v) is 3.19. The predicted molar refractivity (Wildman–Crippen MR) is 76.8 cm³/mol. The van der Waals surface area contributed by atoms with Crippen LogP contribution in [0.4, 0.5) is 0 Å². The lowest BCUT2D eigenvalue weighted by Crippen LogP contribution is -2.47. The van der Waals surface area contributed by atoms with E-state index in [1.807, 2.05) is 12.4 Å². The van der Waals surface area contributed by atoms with Crippen LogP contribution in [0.5, 0.6) is 0 Å². The van der Waals surface area contributed by atoms with Crippen molar-refractivity contribution in [3.63, 3.8) is 0 Å². The van der Waals surface area contributed by atoms with Gasteiger partial charge in [-0.2, -0.15) is 0 Å². The third-order valence-electron chi connectivity index (χ3n) is 4.49. The molecule has 0 bridgehead atoms. The van der Waals surface area contributed by atoms with Gasteiger partial charge >= 0.3 is 0 Å². The molecule has 0 amide bonds. The zero-order valence-corrected chi connectivity index (χ0v) is 12.4. The molecular formula is C15H27N3O. The van der Waals surface area contributed by atoms with E-state index in [9.17, 15) is 0 Å². The Balaban J connectivity index is 2.23. The first-order chi connectivity index (χ1) is 9.13. The van der Waals surface area contributed by atoms with Gasteiger partial charge < -0.3 is 15.0 Å². The minimum absolute atomic E-state index is 0.130. The summed E-state index contributed by atoms with van der Waals surface area (Å²) >= 11 is 0. The van der Waals surface area contributed by atoms with Crippen LogP contribution in [0, 0.1) is 5.92 Å². The molecule has 1 fully saturated rings. The lowest BCUT2D eigenvalue weighted by Gasteiger charge is -2.43. The highest BCUT2D eigenvalue weighted by Gasteiger charge is 2.42. The fraction of sp³-hybridized carbons (Fsp3) is 0.800. The van der Waals surface area contributed by atoms with Crippen molar-refractivity contribution < 1.29 is 4.74 Å². The second-order valence-electron chi connectivity index (χ2n) is 5.73. The van der Waals surface area contributed by atoms with Gasteiger partial charge in [-0.3, -0.25) is 0 Å². The summed E-state index contributed by atoms with van der Waals surface area (Å²) in [5.74, 6) is 1.75. The monoisotopic (exact) mass is 265 g/mol. The maximum Gasteiger partial charge on any atom is 0.128 e. The maximum absolute atomic E-state index is 6.55. The van der Waals surface area contributed by atoms with Crippen molar-refractivity contribution in [3.05, 3.63) is 18.2 Å². The first-order valence-corrected chi connectivity index (χ1v) is 7.53. The third-order valence-corrected chi connectivity index (χ3v) is 4.49. The molecule has 0 aliphatic heterocycles. The van der Waals surface area contributed by atoms with Crippen LogP contribution in [0.1, 0.15) is 58.3 Å². The van der Waals surface area contributed by atoms with Crippen LogP contribution in [-0.4, -0.2) is 21.8 Å². The average molecular weight is 265 g/mol. The van der Waals surface area contributed by atoms with Gasteiger partial charge in [0, 0.05) is 25.5 Å². The highest BCUT2D eigenvalue weighted by molar-refractivity contribution is 5.08. The lowest BCUT2D eigenvalue weighted by molar-refractivity contribution is -0.0917. The zero-order valence-electron chi connectivity index (χ0n) is 12.4. The summed E-state index contributed by atoms with van der Waals surface area (Å²) < 4.78 is 8.25. The topological polar surface area (TPSA) is 53.1 Å². The van der Waals surface area contributed by atoms with E-state index in [1.165, 1.54) is 12.8 Å². The van der Waals surface area contributed by atoms with Crippen molar-refractivity contribution in [2.45, 2.75) is 64.6 Å². The van der Waals surface area contributed by atoms with E-state index in [0.29, 0.717) is 0 Å². The van der Waals surface area contributed by atoms with E-state index in [-0.39, 0.29) is 11.6 Å². The minimum Gasteiger partial charge on any atom is -0.373 e. The Bertz CT molecular complexity index is 394. The van der Waals surface area contributed by atoms with E-state index >= 15 is 0 Å². The summed E-state index contributed by atoms with van der Waals surface area (Å²) in [7, 11) is 0. The van der Waals surface area contributed by atoms with Gasteiger partial charge in [0.15, 0.2) is 0 Å². The Labute approximate surface area is 116 Å². The van der Waals surface area contributed by atoms with E-state index in [4.69, 9.17) is 10.5 Å². The molecule has 1 unspecified atom stereocenters. The molecule has 108 valence electrons. The molecule has 4 heteroatoms. The van der Waals surface area contributed by atoms with Gasteiger partial charge in [0.1, 0.15) is 5.82 Å². The van der Waals surface area contributed by atoms with Gasteiger partial charge in [-0.25, -0.2) is 4.98 Å². The average Bonchev–Trinajstić information content (AvgIpc) is 2.89. The molecule has 19 heavy (non-hydrogen) atoms. The second-order valence-corrected chi connectivity index (χ2v) is 5.73. The van der Waals surface area contributed by atoms with Crippen LogP contribution in [0.2, 0.25) is 0 Å². The Hall–Kier alpha value is -0.870. The van der Waals surface area contributed by atoms with Crippen molar-refractivity contribution in [3.8, 4) is 0 Å². The molecular weight excluding hydrogens is 238 g/mol. The summed E-state index contributed by atoms with van der Waals surface area (Å²) in [6.07, 6.45) is 8.31. The van der Waals surface area contributed by atoms with E-state index in [1.54, 1.807) is 0 Å². The predicted octanol–water partition coefficient (Wildman–Crippen LogP) is 2.89. The SMILES string of the molecule is CCOC1(C(N)c2nccn2CC)CCC(C)CC1. The molecule has 0 spiro atoms. The van der Waals surface area contributed by atoms with Crippen molar-refractivity contribution >= 4 is 0 Å². The lowest BCUT2D eigenvalue weighted by atomic mass is 9.75. The molecule has 1 aliphatic carbocycles. The Kier molecular flexibility index (Phi) is 4.63. The van der Waals surface area contributed by atoms with Gasteiger partial charge in [0.2, 0.25) is 0 Å². The first-order valence-electron chi connectivity index (χ1n) is 7.53. The van der Waals surface area contributed by atoms with Gasteiger partial charge in [-0.1, -0.05) is 6.92 Å². The number of hydrogen-bond donors (Lipinski definition) is 1. The quantitative estimate of drug-likeness (QED) is 0.890. The van der Waals surface area contributed by atoms with Gasteiger partial charge in [0.05, 0.1) is 11.6 Å². The standard InChI is InChI=1S/C15H27N3O/c1-4-18-11-10-17-14(18)13(16)15(19-5-2)8-6-12(3)7-9-15/h10-13H,4-9,16H2,1-3H3. The molecule has 1 aromatic rings. The van der Waals surface area contributed by atoms with Gasteiger partial charge in [-0.15, -0.1) is 0 Å². The highest BCUT2D eigenvalue weighted by Crippen LogP contribution is 2.41. The number of ether oxygens (including phenoxy) is 1. The summed E-state index contributed by atoms with van der Waals surface area (Å²) in [5.41, 5.74) is 6.33. The summed E-state index contributed by atoms with van der Waals surface area (Å²) in [6.45, 7) is 8.11. The number of imidazole rings is 1. The number of nitrogens with zero attached hydrogens (tertiary/aromatic N) is 2. The van der Waals surface area contributed by atoms with E-state index in [2.05, 4.69) is 30.3 Å². The zero-order chi connectivity index (χ0) is 13.9. The second kappa shape index (κ2) is 6.06. The Morgan fingerprint density at radius 3 is 2.74 bits per heavy atom. The Morgan fingerprint density at radius 1 is 1.47 bits per heavy atom. The molecule has 4 nitrogen and oxygen atoms in total. The van der Waals surface area contributed by atoms with Crippen LogP contribution < -0.4 is 5.73 Å². The van der Waals surface area contributed by atoms with Crippen molar-refractivity contribution in [1.82, 2.24) is 9.55 Å². The van der Waals surface area contributed by atoms with Crippen LogP contribution in [0.3, 0.4) is 0 Å². The molecule has 0 radical (unpaired) electrons. The smallest absolute Gasteiger partial charge is 0.128 e. The normalized spacial score (nSPS) is 29.4. The molecule has 1 atom stereocenters. The number of aryl methyl sites for hydroxylation is 1. The number of rotatable bonds is 5. The van der Waals surface area contributed by atoms with Crippen molar-refractivity contribution in [2.24, 2.45) is 11.7 Å². The summed E-state index contributed by atoms with van der Waals surface area (Å²) in [5, 5.41) is 0. The molecule has 1 heterocycles. The fourth-order valence-electron chi connectivity index (χ4n) is 3.19. The van der Waals surface area contributed by atoms with Crippen LogP contribution in [0.25, 0.3) is 0 Å². The van der Waals surface area contributed by atoms with Crippen LogP contribution in [0.15, 0.2) is 12.4 Å².